The Kier molecular flexibility index (Phi) is 7.71. The molecule has 23 heavy (non-hydrogen) atoms. The van der Waals surface area contributed by atoms with Crippen LogP contribution in [0.25, 0.3) is 0 Å². The summed E-state index contributed by atoms with van der Waals surface area (Å²) in [6.07, 6.45) is 1.91. The van der Waals surface area contributed by atoms with Crippen LogP contribution in [0.2, 0.25) is 0 Å². The van der Waals surface area contributed by atoms with Gasteiger partial charge in [-0.05, 0) is 47.4 Å². The lowest BCUT2D eigenvalue weighted by molar-refractivity contribution is 0.414. The van der Waals surface area contributed by atoms with Gasteiger partial charge < -0.3 is 4.74 Å². The van der Waals surface area contributed by atoms with Gasteiger partial charge >= 0.3 is 0 Å². The van der Waals surface area contributed by atoms with Gasteiger partial charge in [0.1, 0.15) is 11.6 Å². The molecule has 2 nitrogen and oxygen atoms in total. The van der Waals surface area contributed by atoms with Gasteiger partial charge in [0, 0.05) is 16.4 Å². The molecule has 2 aromatic rings. The van der Waals surface area contributed by atoms with Crippen molar-refractivity contribution in [3.63, 3.8) is 0 Å². The molecule has 0 saturated carbocycles. The third-order valence-electron chi connectivity index (χ3n) is 2.93. The molecule has 6 heteroatoms. The summed E-state index contributed by atoms with van der Waals surface area (Å²) in [6.45, 7) is 0. The van der Waals surface area contributed by atoms with Gasteiger partial charge in [0.15, 0.2) is 0 Å². The molecule has 0 fully saturated rings. The third kappa shape index (κ3) is 6.41. The van der Waals surface area contributed by atoms with E-state index < -0.39 is 10.8 Å². The van der Waals surface area contributed by atoms with E-state index in [1.165, 1.54) is 12.1 Å². The van der Waals surface area contributed by atoms with Crippen molar-refractivity contribution in [2.24, 2.45) is 0 Å². The Hall–Kier alpha value is -1.24. The van der Waals surface area contributed by atoms with Crippen molar-refractivity contribution in [3.05, 3.63) is 71.4 Å². The molecule has 0 aliphatic heterocycles. The molecule has 122 valence electrons. The second-order valence-corrected chi connectivity index (χ2v) is 8.31. The molecule has 0 aliphatic carbocycles. The summed E-state index contributed by atoms with van der Waals surface area (Å²) < 4.78 is 29.9. The average molecular weight is 369 g/mol. The fourth-order valence-corrected chi connectivity index (χ4v) is 4.47. The quantitative estimate of drug-likeness (QED) is 0.482. The molecule has 0 N–H and O–H groups in total. The lowest BCUT2D eigenvalue weighted by Gasteiger charge is -2.02. The largest absolute Gasteiger partial charge is 0.497 e. The van der Waals surface area contributed by atoms with Crippen LogP contribution in [0.15, 0.2) is 64.9 Å². The van der Waals surface area contributed by atoms with Gasteiger partial charge in [-0.15, -0.1) is 0 Å². The van der Waals surface area contributed by atoms with Gasteiger partial charge in [-0.2, -0.15) is 0 Å². The van der Waals surface area contributed by atoms with Crippen LogP contribution in [0.5, 0.6) is 5.75 Å². The lowest BCUT2D eigenvalue weighted by Crippen LogP contribution is -1.94. The van der Waals surface area contributed by atoms with Crippen LogP contribution < -0.4 is 4.74 Å². The minimum Gasteiger partial charge on any atom is -0.497 e. The Labute approximate surface area is 146 Å². The summed E-state index contributed by atoms with van der Waals surface area (Å²) in [5, 5.41) is 1.94. The predicted octanol–water partition coefficient (Wildman–Crippen LogP) is 5.04. The van der Waals surface area contributed by atoms with Gasteiger partial charge in [0.25, 0.3) is 0 Å². The van der Waals surface area contributed by atoms with Crippen molar-refractivity contribution in [2.45, 2.75) is 10.6 Å². The van der Waals surface area contributed by atoms with Crippen LogP contribution in [0, 0.1) is 5.82 Å². The zero-order chi connectivity index (χ0) is 16.5. The third-order valence-corrected chi connectivity index (χ3v) is 6.21. The highest BCUT2D eigenvalue weighted by Gasteiger charge is 2.01. The number of hydrogen-bond donors (Lipinski definition) is 0. The fourth-order valence-electron chi connectivity index (χ4n) is 1.71. The molecule has 0 aliphatic rings. The summed E-state index contributed by atoms with van der Waals surface area (Å²) in [7, 11) is 3.80. The van der Waals surface area contributed by atoms with E-state index in [0.29, 0.717) is 5.75 Å². The van der Waals surface area contributed by atoms with E-state index in [9.17, 15) is 8.60 Å². The van der Waals surface area contributed by atoms with Crippen molar-refractivity contribution in [3.8, 4) is 5.75 Å². The number of halogens is 1. The lowest BCUT2D eigenvalue weighted by atomic mass is 10.2. The second kappa shape index (κ2) is 9.80. The molecule has 2 aromatic carbocycles. The number of ether oxygens (including phenoxy) is 1. The molecule has 2 rings (SSSR count). The molecule has 0 saturated heterocycles. The summed E-state index contributed by atoms with van der Waals surface area (Å²) in [6, 6.07) is 13.8. The minimum absolute atomic E-state index is 0.215. The van der Waals surface area contributed by atoms with Crippen LogP contribution in [0.4, 0.5) is 4.39 Å². The minimum atomic E-state index is -1.04. The normalized spacial score (nSPS) is 12.4. The Balaban J connectivity index is 1.69. The molecular formula is C17H17FO2S3. The highest BCUT2D eigenvalue weighted by molar-refractivity contribution is 8.77. The van der Waals surface area contributed by atoms with Crippen molar-refractivity contribution < 1.29 is 13.3 Å². The van der Waals surface area contributed by atoms with Crippen LogP contribution in [-0.2, 0) is 16.6 Å². The Morgan fingerprint density at radius 1 is 1.13 bits per heavy atom. The number of benzene rings is 2. The number of rotatable bonds is 8. The van der Waals surface area contributed by atoms with Gasteiger partial charge in [-0.3, -0.25) is 4.21 Å². The average Bonchev–Trinajstić information content (AvgIpc) is 2.59. The molecule has 1 unspecified atom stereocenters. The van der Waals surface area contributed by atoms with Crippen molar-refractivity contribution >= 4 is 32.4 Å². The van der Waals surface area contributed by atoms with Gasteiger partial charge in [0.05, 0.1) is 17.9 Å². The predicted molar refractivity (Wildman–Crippen MR) is 98.7 cm³/mol. The summed E-state index contributed by atoms with van der Waals surface area (Å²) >= 11 is 0. The van der Waals surface area contributed by atoms with Crippen LogP contribution in [0.3, 0.4) is 0 Å². The first-order valence-corrected chi connectivity index (χ1v) is 10.6. The van der Waals surface area contributed by atoms with Gasteiger partial charge in [0.2, 0.25) is 0 Å². The van der Waals surface area contributed by atoms with Gasteiger partial charge in [-0.25, -0.2) is 4.39 Å². The molecule has 0 bridgehead atoms. The first-order valence-electron chi connectivity index (χ1n) is 6.89. The number of methoxy groups -OCH3 is 1. The van der Waals surface area contributed by atoms with E-state index in [4.69, 9.17) is 4.74 Å². The fraction of sp³-hybridized carbons (Fsp3) is 0.176. The monoisotopic (exact) mass is 368 g/mol. The maximum atomic E-state index is 12.8. The Bertz CT molecular complexity index is 655. The topological polar surface area (TPSA) is 26.3 Å². The van der Waals surface area contributed by atoms with E-state index in [0.717, 1.165) is 22.0 Å². The number of hydrogen-bond acceptors (Lipinski definition) is 4. The zero-order valence-corrected chi connectivity index (χ0v) is 15.1. The standard InChI is InChI=1S/C17H17FO2S3/c1-20-16-7-9-17(10-8-16)23(19)12-2-11-21-22-13-14-3-5-15(18)6-4-14/h2-11H,12-13H2,1H3/b11-2+. The molecule has 0 amide bonds. The molecule has 0 radical (unpaired) electrons. The molecule has 0 spiro atoms. The maximum Gasteiger partial charge on any atom is 0.123 e. The molecule has 0 heterocycles. The van der Waals surface area contributed by atoms with E-state index in [1.54, 1.807) is 40.8 Å². The van der Waals surface area contributed by atoms with Crippen molar-refractivity contribution in [1.82, 2.24) is 0 Å². The zero-order valence-electron chi connectivity index (χ0n) is 12.6. The molecular weight excluding hydrogens is 351 g/mol. The maximum absolute atomic E-state index is 12.8. The van der Waals surface area contributed by atoms with E-state index in [1.807, 2.05) is 35.7 Å². The van der Waals surface area contributed by atoms with E-state index >= 15 is 0 Å². The van der Waals surface area contributed by atoms with E-state index in [2.05, 4.69) is 0 Å². The van der Waals surface area contributed by atoms with Crippen molar-refractivity contribution in [2.75, 3.05) is 12.9 Å². The Morgan fingerprint density at radius 2 is 1.83 bits per heavy atom. The van der Waals surface area contributed by atoms with Crippen LogP contribution in [-0.4, -0.2) is 17.1 Å². The summed E-state index contributed by atoms with van der Waals surface area (Å²) in [4.78, 5) is 0.791. The summed E-state index contributed by atoms with van der Waals surface area (Å²) in [5.41, 5.74) is 1.08. The molecule has 0 aromatic heterocycles. The highest BCUT2D eigenvalue weighted by atomic mass is 33.1. The van der Waals surface area contributed by atoms with Crippen LogP contribution in [0.1, 0.15) is 5.56 Å². The Morgan fingerprint density at radius 3 is 2.48 bits per heavy atom. The smallest absolute Gasteiger partial charge is 0.123 e. The highest BCUT2D eigenvalue weighted by Crippen LogP contribution is 2.27. The van der Waals surface area contributed by atoms with Crippen LogP contribution >= 0.6 is 21.6 Å². The van der Waals surface area contributed by atoms with Crippen molar-refractivity contribution in [1.29, 1.82) is 0 Å². The first kappa shape index (κ1) is 18.1. The van der Waals surface area contributed by atoms with Gasteiger partial charge in [-0.1, -0.05) is 39.8 Å². The molecule has 1 atom stereocenters. The SMILES string of the molecule is COc1ccc(S(=O)C/C=C/SSCc2ccc(F)cc2)cc1. The first-order chi connectivity index (χ1) is 11.2. The summed E-state index contributed by atoms with van der Waals surface area (Å²) in [5.74, 6) is 1.83. The van der Waals surface area contributed by atoms with E-state index in [-0.39, 0.29) is 5.82 Å². The second-order valence-electron chi connectivity index (χ2n) is 4.54.